The van der Waals surface area contributed by atoms with E-state index in [0.717, 1.165) is 11.1 Å². The summed E-state index contributed by atoms with van der Waals surface area (Å²) in [7, 11) is 4.83. The molecule has 1 heterocycles. The monoisotopic (exact) mass is 665 g/mol. The standard InChI is InChI=1S/C37H51N3O8/c1-7-47-36(43)32-22-27(35(42)40(4)24-28-18-19-29(45-5)23-33(28)46-6)16-12-9-13-17-30(21-26-14-10-8-11-15-26)48-37(44)39-31(20-25(2)3)34(41)38-32/h8-12,14-15,18-19,23,25,27,30-32H,7,13,16-17,20-22,24H2,1-6H3,(H,38,41)(H,39,44)/b12-9+/t27?,30?,31-,32-/m0/s1. The fourth-order valence-corrected chi connectivity index (χ4v) is 5.71. The average Bonchev–Trinajstić information content (AvgIpc) is 3.06. The van der Waals surface area contributed by atoms with Gasteiger partial charge in [0.1, 0.15) is 29.7 Å². The second-order valence-corrected chi connectivity index (χ2v) is 12.4. The molecule has 1 aliphatic heterocycles. The zero-order chi connectivity index (χ0) is 35.1. The topological polar surface area (TPSA) is 132 Å². The molecule has 2 aromatic carbocycles. The molecule has 3 amide bonds. The highest BCUT2D eigenvalue weighted by atomic mass is 16.6. The largest absolute Gasteiger partial charge is 0.497 e. The minimum absolute atomic E-state index is 0.00725. The fraction of sp³-hybridized carbons (Fsp3) is 0.514. The molecule has 0 bridgehead atoms. The van der Waals surface area contributed by atoms with Crippen LogP contribution in [0.25, 0.3) is 0 Å². The lowest BCUT2D eigenvalue weighted by molar-refractivity contribution is -0.148. The quantitative estimate of drug-likeness (QED) is 0.247. The SMILES string of the molecule is CCOC(=O)[C@@H]1CC(C(=O)N(C)Cc2ccc(OC)cc2OC)C/C=C/CCC(Cc2ccccc2)OC(=O)N[C@@H](CC(C)C)C(=O)N1. The summed E-state index contributed by atoms with van der Waals surface area (Å²) in [6.07, 6.45) is 5.02. The molecule has 0 fully saturated rings. The summed E-state index contributed by atoms with van der Waals surface area (Å²) >= 11 is 0. The summed E-state index contributed by atoms with van der Waals surface area (Å²) in [6, 6.07) is 13.1. The van der Waals surface area contributed by atoms with Crippen LogP contribution in [0.5, 0.6) is 11.5 Å². The Labute approximate surface area is 284 Å². The van der Waals surface area contributed by atoms with E-state index in [4.69, 9.17) is 18.9 Å². The minimum Gasteiger partial charge on any atom is -0.497 e. The molecular formula is C37H51N3O8. The molecule has 1 aliphatic rings. The maximum atomic E-state index is 14.0. The van der Waals surface area contributed by atoms with E-state index in [2.05, 4.69) is 10.6 Å². The first kappa shape index (κ1) is 37.9. The second kappa shape index (κ2) is 19.3. The van der Waals surface area contributed by atoms with Crippen LogP contribution in [0, 0.1) is 11.8 Å². The number of allylic oxidation sites excluding steroid dienone is 2. The van der Waals surface area contributed by atoms with E-state index in [1.54, 1.807) is 45.2 Å². The van der Waals surface area contributed by atoms with Crippen LogP contribution < -0.4 is 20.1 Å². The van der Waals surface area contributed by atoms with Gasteiger partial charge in [0, 0.05) is 37.6 Å². The van der Waals surface area contributed by atoms with Gasteiger partial charge in [-0.15, -0.1) is 0 Å². The summed E-state index contributed by atoms with van der Waals surface area (Å²) in [5.74, 6) is -0.804. The Kier molecular flexibility index (Phi) is 15.3. The van der Waals surface area contributed by atoms with E-state index in [1.807, 2.05) is 62.4 Å². The predicted molar refractivity (Wildman–Crippen MR) is 182 cm³/mol. The number of nitrogens with zero attached hydrogens (tertiary/aromatic N) is 1. The van der Waals surface area contributed by atoms with E-state index in [0.29, 0.717) is 43.6 Å². The van der Waals surface area contributed by atoms with Crippen molar-refractivity contribution in [2.24, 2.45) is 11.8 Å². The number of benzene rings is 2. The Morgan fingerprint density at radius 3 is 2.44 bits per heavy atom. The molecular weight excluding hydrogens is 614 g/mol. The van der Waals surface area contributed by atoms with Crippen LogP contribution in [-0.4, -0.2) is 74.8 Å². The van der Waals surface area contributed by atoms with Crippen molar-refractivity contribution in [2.75, 3.05) is 27.9 Å². The number of amides is 3. The van der Waals surface area contributed by atoms with Gasteiger partial charge < -0.3 is 34.5 Å². The summed E-state index contributed by atoms with van der Waals surface area (Å²) in [5, 5.41) is 5.52. The van der Waals surface area contributed by atoms with Crippen molar-refractivity contribution in [1.82, 2.24) is 15.5 Å². The van der Waals surface area contributed by atoms with Crippen LogP contribution >= 0.6 is 0 Å². The second-order valence-electron chi connectivity index (χ2n) is 12.4. The van der Waals surface area contributed by atoms with Crippen molar-refractivity contribution in [2.45, 2.75) is 84.0 Å². The smallest absolute Gasteiger partial charge is 0.408 e. The van der Waals surface area contributed by atoms with E-state index < -0.39 is 42.1 Å². The third kappa shape index (κ3) is 11.9. The number of alkyl carbamates (subject to hydrolysis) is 1. The highest BCUT2D eigenvalue weighted by Gasteiger charge is 2.34. The first-order valence-corrected chi connectivity index (χ1v) is 16.6. The minimum atomic E-state index is -1.12. The average molecular weight is 666 g/mol. The number of carbonyl (C=O) groups is 4. The number of methoxy groups -OCH3 is 2. The lowest BCUT2D eigenvalue weighted by atomic mass is 9.93. The van der Waals surface area contributed by atoms with Gasteiger partial charge in [0.05, 0.1) is 20.8 Å². The van der Waals surface area contributed by atoms with Crippen LogP contribution in [0.2, 0.25) is 0 Å². The number of rotatable bonds is 11. The molecule has 11 nitrogen and oxygen atoms in total. The summed E-state index contributed by atoms with van der Waals surface area (Å²) in [5.41, 5.74) is 1.81. The maximum Gasteiger partial charge on any atom is 0.408 e. The van der Waals surface area contributed by atoms with E-state index >= 15 is 0 Å². The number of ether oxygens (including phenoxy) is 4. The van der Waals surface area contributed by atoms with Crippen LogP contribution in [-0.2, 0) is 36.8 Å². The van der Waals surface area contributed by atoms with Gasteiger partial charge in [-0.2, -0.15) is 0 Å². The fourth-order valence-electron chi connectivity index (χ4n) is 5.71. The van der Waals surface area contributed by atoms with Crippen molar-refractivity contribution >= 4 is 23.9 Å². The molecule has 262 valence electrons. The number of carbonyl (C=O) groups excluding carboxylic acids is 4. The van der Waals surface area contributed by atoms with Gasteiger partial charge in [0.25, 0.3) is 0 Å². The Morgan fingerprint density at radius 1 is 1.02 bits per heavy atom. The number of nitrogens with one attached hydrogen (secondary N) is 2. The Bertz CT molecular complexity index is 1380. The van der Waals surface area contributed by atoms with Crippen LogP contribution in [0.15, 0.2) is 60.7 Å². The summed E-state index contributed by atoms with van der Waals surface area (Å²) in [4.78, 5) is 55.6. The van der Waals surface area contributed by atoms with Gasteiger partial charge in [-0.1, -0.05) is 56.3 Å². The van der Waals surface area contributed by atoms with Crippen LogP contribution in [0.1, 0.15) is 64.0 Å². The van der Waals surface area contributed by atoms with Crippen LogP contribution in [0.3, 0.4) is 0 Å². The van der Waals surface area contributed by atoms with Crippen molar-refractivity contribution in [3.05, 3.63) is 71.8 Å². The highest BCUT2D eigenvalue weighted by molar-refractivity contribution is 5.90. The van der Waals surface area contributed by atoms with Crippen molar-refractivity contribution in [1.29, 1.82) is 0 Å². The molecule has 0 spiro atoms. The molecule has 2 N–H and O–H groups in total. The van der Waals surface area contributed by atoms with E-state index in [9.17, 15) is 19.2 Å². The number of hydrogen-bond donors (Lipinski definition) is 2. The van der Waals surface area contributed by atoms with Crippen molar-refractivity contribution < 1.29 is 38.1 Å². The van der Waals surface area contributed by atoms with E-state index in [-0.39, 0.29) is 31.4 Å². The van der Waals surface area contributed by atoms with Gasteiger partial charge in [0.15, 0.2) is 0 Å². The van der Waals surface area contributed by atoms with E-state index in [1.165, 1.54) is 0 Å². The zero-order valence-electron chi connectivity index (χ0n) is 29.0. The normalized spacial score (nSPS) is 21.4. The third-order valence-electron chi connectivity index (χ3n) is 8.17. The number of hydrogen-bond acceptors (Lipinski definition) is 8. The van der Waals surface area contributed by atoms with Crippen molar-refractivity contribution in [3.63, 3.8) is 0 Å². The highest BCUT2D eigenvalue weighted by Crippen LogP contribution is 2.27. The van der Waals surface area contributed by atoms with Gasteiger partial charge in [-0.25, -0.2) is 9.59 Å². The molecule has 4 atom stereocenters. The summed E-state index contributed by atoms with van der Waals surface area (Å²) < 4.78 is 22.0. The molecule has 0 aromatic heterocycles. The Morgan fingerprint density at radius 2 is 1.77 bits per heavy atom. The molecule has 2 aromatic rings. The molecule has 0 saturated carbocycles. The molecule has 48 heavy (non-hydrogen) atoms. The lowest BCUT2D eigenvalue weighted by Crippen LogP contribution is -2.53. The third-order valence-corrected chi connectivity index (χ3v) is 8.17. The Hall–Kier alpha value is -4.54. The van der Waals surface area contributed by atoms with Crippen molar-refractivity contribution in [3.8, 4) is 11.5 Å². The van der Waals surface area contributed by atoms with Gasteiger partial charge in [-0.05, 0) is 62.6 Å². The molecule has 11 heteroatoms. The number of esters is 1. The summed E-state index contributed by atoms with van der Waals surface area (Å²) in [6.45, 7) is 5.90. The molecule has 3 rings (SSSR count). The molecule has 2 unspecified atom stereocenters. The Balaban J connectivity index is 1.92. The van der Waals surface area contributed by atoms with Crippen LogP contribution in [0.4, 0.5) is 4.79 Å². The maximum absolute atomic E-state index is 14.0. The zero-order valence-corrected chi connectivity index (χ0v) is 29.0. The lowest BCUT2D eigenvalue weighted by Gasteiger charge is -2.28. The van der Waals surface area contributed by atoms with Gasteiger partial charge in [-0.3, -0.25) is 9.59 Å². The van der Waals surface area contributed by atoms with Gasteiger partial charge in [0.2, 0.25) is 11.8 Å². The van der Waals surface area contributed by atoms with Gasteiger partial charge >= 0.3 is 12.1 Å². The molecule has 0 saturated heterocycles. The molecule has 0 radical (unpaired) electrons. The first-order valence-electron chi connectivity index (χ1n) is 16.6. The predicted octanol–water partition coefficient (Wildman–Crippen LogP) is 5.21. The number of cyclic esters (lactones) is 1. The first-order chi connectivity index (χ1) is 23.0. The molecule has 0 aliphatic carbocycles.